The molecule has 0 aliphatic rings. The molecule has 0 saturated carbocycles. The van der Waals surface area contributed by atoms with E-state index < -0.39 is 29.9 Å². The van der Waals surface area contributed by atoms with Crippen LogP contribution in [-0.2, 0) is 20.8 Å². The minimum Gasteiger partial charge on any atom is -0.480 e. The molecule has 2 rings (SSSR count). The fourth-order valence-corrected chi connectivity index (χ4v) is 2.65. The Balaban J connectivity index is 2.00. The Kier molecular flexibility index (Phi) is 6.13. The lowest BCUT2D eigenvalue weighted by atomic mass is 10.0. The number of likely N-dealkylation sites (N-methyl/N-ethyl adjacent to an activating group) is 1. The first kappa shape index (κ1) is 18.5. The van der Waals surface area contributed by atoms with Crippen LogP contribution in [0.25, 0.3) is 10.9 Å². The van der Waals surface area contributed by atoms with E-state index in [9.17, 15) is 19.5 Å². The highest BCUT2D eigenvalue weighted by Gasteiger charge is 2.23. The van der Waals surface area contributed by atoms with E-state index >= 15 is 0 Å². The van der Waals surface area contributed by atoms with Crippen molar-refractivity contribution in [3.8, 4) is 0 Å². The second-order valence-corrected chi connectivity index (χ2v) is 5.74. The van der Waals surface area contributed by atoms with Crippen LogP contribution in [0.4, 0.5) is 0 Å². The van der Waals surface area contributed by atoms with Crippen LogP contribution in [0.15, 0.2) is 30.5 Å². The van der Waals surface area contributed by atoms with Crippen LogP contribution in [0, 0.1) is 0 Å². The van der Waals surface area contributed by atoms with Crippen molar-refractivity contribution in [2.75, 3.05) is 7.05 Å². The summed E-state index contributed by atoms with van der Waals surface area (Å²) >= 11 is 0. The zero-order chi connectivity index (χ0) is 18.4. The number of aliphatic carboxylic acids is 2. The van der Waals surface area contributed by atoms with Gasteiger partial charge in [0.15, 0.2) is 0 Å². The largest absolute Gasteiger partial charge is 0.480 e. The van der Waals surface area contributed by atoms with E-state index in [0.717, 1.165) is 16.5 Å². The van der Waals surface area contributed by atoms with Crippen molar-refractivity contribution in [2.24, 2.45) is 0 Å². The van der Waals surface area contributed by atoms with Crippen molar-refractivity contribution < 1.29 is 24.6 Å². The van der Waals surface area contributed by atoms with Gasteiger partial charge in [-0.15, -0.1) is 0 Å². The van der Waals surface area contributed by atoms with Gasteiger partial charge < -0.3 is 25.8 Å². The van der Waals surface area contributed by atoms with Gasteiger partial charge in [0.2, 0.25) is 5.91 Å². The maximum Gasteiger partial charge on any atom is 0.326 e. The lowest BCUT2D eigenvalue weighted by Crippen LogP contribution is -2.43. The fraction of sp³-hybridized carbons (Fsp3) is 0.353. The highest BCUT2D eigenvalue weighted by atomic mass is 16.4. The van der Waals surface area contributed by atoms with Crippen molar-refractivity contribution >= 4 is 28.7 Å². The van der Waals surface area contributed by atoms with Crippen LogP contribution in [0.5, 0.6) is 0 Å². The van der Waals surface area contributed by atoms with Crippen LogP contribution in [0.2, 0.25) is 0 Å². The predicted octanol–water partition coefficient (Wildman–Crippen LogP) is 0.733. The maximum atomic E-state index is 12.0. The summed E-state index contributed by atoms with van der Waals surface area (Å²) in [6, 6.07) is 5.58. The highest BCUT2D eigenvalue weighted by molar-refractivity contribution is 5.87. The monoisotopic (exact) mass is 347 g/mol. The van der Waals surface area contributed by atoms with Gasteiger partial charge in [-0.05, 0) is 25.1 Å². The second kappa shape index (κ2) is 8.29. The molecule has 25 heavy (non-hydrogen) atoms. The number of para-hydroxylation sites is 1. The number of carbonyl (C=O) groups is 3. The van der Waals surface area contributed by atoms with Gasteiger partial charge in [-0.1, -0.05) is 18.2 Å². The molecule has 8 nitrogen and oxygen atoms in total. The standard InChI is InChI=1S/C17H21N3O5/c1-18-13(16(22)23)6-7-15(21)20-14(17(24)25)8-10-9-19-12-5-3-2-4-11(10)12/h2-5,9,13-14,18-19H,6-8H2,1H3,(H,20,21)(H,22,23)(H,24,25)/t13-,14-/m0/s1. The van der Waals surface area contributed by atoms with Crippen LogP contribution in [-0.4, -0.2) is 52.2 Å². The number of nitrogens with one attached hydrogen (secondary N) is 3. The van der Waals surface area contributed by atoms with Gasteiger partial charge in [-0.3, -0.25) is 9.59 Å². The fourth-order valence-electron chi connectivity index (χ4n) is 2.65. The minimum atomic E-state index is -1.14. The Morgan fingerprint density at radius 1 is 1.12 bits per heavy atom. The van der Waals surface area contributed by atoms with Gasteiger partial charge in [0, 0.05) is 29.9 Å². The molecule has 0 radical (unpaired) electrons. The maximum absolute atomic E-state index is 12.0. The molecule has 2 aromatic rings. The lowest BCUT2D eigenvalue weighted by Gasteiger charge is -2.15. The topological polar surface area (TPSA) is 132 Å². The summed E-state index contributed by atoms with van der Waals surface area (Å²) in [6.45, 7) is 0. The van der Waals surface area contributed by atoms with Crippen LogP contribution in [0.1, 0.15) is 18.4 Å². The number of aromatic amines is 1. The molecular weight excluding hydrogens is 326 g/mol. The molecule has 134 valence electrons. The van der Waals surface area contributed by atoms with E-state index in [0.29, 0.717) is 0 Å². The molecule has 0 fully saturated rings. The molecule has 0 aliphatic heterocycles. The van der Waals surface area contributed by atoms with E-state index in [2.05, 4.69) is 15.6 Å². The first-order valence-electron chi connectivity index (χ1n) is 7.89. The third kappa shape index (κ3) is 4.80. The molecule has 0 saturated heterocycles. The first-order valence-corrected chi connectivity index (χ1v) is 7.89. The zero-order valence-corrected chi connectivity index (χ0v) is 13.8. The number of fused-ring (bicyclic) bond motifs is 1. The van der Waals surface area contributed by atoms with Crippen LogP contribution in [0.3, 0.4) is 0 Å². The van der Waals surface area contributed by atoms with E-state index in [1.807, 2.05) is 24.3 Å². The molecule has 1 aromatic heterocycles. The average molecular weight is 347 g/mol. The molecule has 0 unspecified atom stereocenters. The number of amides is 1. The summed E-state index contributed by atoms with van der Waals surface area (Å²) in [5, 5.41) is 24.3. The Morgan fingerprint density at radius 2 is 1.80 bits per heavy atom. The average Bonchev–Trinajstić information content (AvgIpc) is 2.97. The van der Waals surface area contributed by atoms with Crippen molar-refractivity contribution in [1.29, 1.82) is 0 Å². The van der Waals surface area contributed by atoms with Crippen LogP contribution < -0.4 is 10.6 Å². The Bertz CT molecular complexity index is 770. The summed E-state index contributed by atoms with van der Waals surface area (Å²) in [4.78, 5) is 37.4. The number of carboxylic acid groups (broad SMARTS) is 2. The van der Waals surface area contributed by atoms with E-state index in [-0.39, 0.29) is 19.3 Å². The van der Waals surface area contributed by atoms with Gasteiger partial charge in [0.05, 0.1) is 0 Å². The van der Waals surface area contributed by atoms with Crippen molar-refractivity contribution in [2.45, 2.75) is 31.3 Å². The normalized spacial score (nSPS) is 13.3. The summed E-state index contributed by atoms with van der Waals surface area (Å²) in [5.74, 6) is -2.68. The van der Waals surface area contributed by atoms with E-state index in [4.69, 9.17) is 5.11 Å². The SMILES string of the molecule is CN[C@@H](CCC(=O)N[C@@H](Cc1c[nH]c2ccccc12)C(=O)O)C(=O)O. The van der Waals surface area contributed by atoms with Gasteiger partial charge in [-0.2, -0.15) is 0 Å². The zero-order valence-electron chi connectivity index (χ0n) is 13.8. The number of aromatic nitrogens is 1. The molecule has 5 N–H and O–H groups in total. The minimum absolute atomic E-state index is 0.0739. The number of rotatable bonds is 9. The smallest absolute Gasteiger partial charge is 0.326 e. The number of hydrogen-bond donors (Lipinski definition) is 5. The molecule has 0 aliphatic carbocycles. The van der Waals surface area contributed by atoms with Gasteiger partial charge in [0.25, 0.3) is 0 Å². The molecule has 1 heterocycles. The third-order valence-corrected chi connectivity index (χ3v) is 4.04. The molecule has 1 aromatic carbocycles. The van der Waals surface area contributed by atoms with Gasteiger partial charge in [-0.25, -0.2) is 4.79 Å². The Morgan fingerprint density at radius 3 is 2.44 bits per heavy atom. The van der Waals surface area contributed by atoms with Gasteiger partial charge >= 0.3 is 11.9 Å². The summed E-state index contributed by atoms with van der Waals surface area (Å²) < 4.78 is 0. The molecule has 2 atom stereocenters. The molecular formula is C17H21N3O5. The number of carboxylic acids is 2. The Hall–Kier alpha value is -2.87. The molecule has 0 bridgehead atoms. The van der Waals surface area contributed by atoms with E-state index in [1.165, 1.54) is 7.05 Å². The molecule has 0 spiro atoms. The molecule has 1 amide bonds. The summed E-state index contributed by atoms with van der Waals surface area (Å²) in [5.41, 5.74) is 1.69. The van der Waals surface area contributed by atoms with Crippen molar-refractivity contribution in [1.82, 2.24) is 15.6 Å². The highest BCUT2D eigenvalue weighted by Crippen LogP contribution is 2.19. The van der Waals surface area contributed by atoms with Gasteiger partial charge in [0.1, 0.15) is 12.1 Å². The van der Waals surface area contributed by atoms with Crippen molar-refractivity contribution in [3.63, 3.8) is 0 Å². The number of carbonyl (C=O) groups excluding carboxylic acids is 1. The Labute approximate surface area is 144 Å². The van der Waals surface area contributed by atoms with Crippen LogP contribution >= 0.6 is 0 Å². The quantitative estimate of drug-likeness (QED) is 0.454. The van der Waals surface area contributed by atoms with Crippen molar-refractivity contribution in [3.05, 3.63) is 36.0 Å². The first-order chi connectivity index (χ1) is 11.9. The second-order valence-electron chi connectivity index (χ2n) is 5.74. The number of benzene rings is 1. The summed E-state index contributed by atoms with van der Waals surface area (Å²) in [6.07, 6.45) is 1.88. The molecule has 8 heteroatoms. The lowest BCUT2D eigenvalue weighted by molar-refractivity contribution is -0.142. The third-order valence-electron chi connectivity index (χ3n) is 4.04. The predicted molar refractivity (Wildman–Crippen MR) is 91.3 cm³/mol. The number of hydrogen-bond acceptors (Lipinski definition) is 4. The number of H-pyrrole nitrogens is 1. The summed E-state index contributed by atoms with van der Waals surface area (Å²) in [7, 11) is 1.49. The van der Waals surface area contributed by atoms with E-state index in [1.54, 1.807) is 6.20 Å².